The third kappa shape index (κ3) is 6.57. The van der Waals surface area contributed by atoms with E-state index >= 15 is 0 Å². The van der Waals surface area contributed by atoms with E-state index in [2.05, 4.69) is 16.0 Å². The van der Waals surface area contributed by atoms with Crippen molar-refractivity contribution in [3.8, 4) is 0 Å². The van der Waals surface area contributed by atoms with Crippen LogP contribution in [0.3, 0.4) is 0 Å². The van der Waals surface area contributed by atoms with Crippen LogP contribution >= 0.6 is 0 Å². The number of carbonyl (C=O) groups excluding carboxylic acids is 3. The zero-order chi connectivity index (χ0) is 28.1. The summed E-state index contributed by atoms with van der Waals surface area (Å²) in [7, 11) is 0. The summed E-state index contributed by atoms with van der Waals surface area (Å²) in [4.78, 5) is 59.7. The largest absolute Gasteiger partial charge is 0.480 e. The molecule has 0 saturated heterocycles. The van der Waals surface area contributed by atoms with Crippen LogP contribution in [0.1, 0.15) is 54.6 Å². The predicted octanol–water partition coefficient (Wildman–Crippen LogP) is 1.79. The van der Waals surface area contributed by atoms with Crippen LogP contribution in [0.2, 0.25) is 0 Å². The summed E-state index contributed by atoms with van der Waals surface area (Å²) < 4.78 is 11.6. The summed E-state index contributed by atoms with van der Waals surface area (Å²) in [6, 6.07) is 2.00. The molecule has 208 valence electrons. The fourth-order valence-corrected chi connectivity index (χ4v) is 5.01. The average Bonchev–Trinajstić information content (AvgIpc) is 3.25. The van der Waals surface area contributed by atoms with Crippen LogP contribution in [0.4, 0.5) is 4.79 Å². The molecule has 6 N–H and O–H groups in total. The Hall–Kier alpha value is -4.35. The molecule has 2 aromatic heterocycles. The van der Waals surface area contributed by atoms with E-state index in [1.54, 1.807) is 6.07 Å². The summed E-state index contributed by atoms with van der Waals surface area (Å²) >= 11 is 0. The molecule has 12 heteroatoms. The Morgan fingerprint density at radius 2 is 1.79 bits per heavy atom. The van der Waals surface area contributed by atoms with E-state index in [4.69, 9.17) is 19.7 Å². The van der Waals surface area contributed by atoms with E-state index < -0.39 is 42.0 Å². The normalized spacial score (nSPS) is 13.6. The van der Waals surface area contributed by atoms with Crippen molar-refractivity contribution in [1.29, 1.82) is 0 Å². The van der Waals surface area contributed by atoms with Crippen LogP contribution in [-0.4, -0.2) is 48.1 Å². The SMILES string of the molecule is Cc1c(CCC(=O)NC(CCCNC(N)=O)C(=O)NCC(=O)O)c(=O)oc2cc3oc4c(c3cc12)CCCC4. The van der Waals surface area contributed by atoms with Crippen molar-refractivity contribution in [1.82, 2.24) is 16.0 Å². The molecule has 4 rings (SSSR count). The predicted molar refractivity (Wildman–Crippen MR) is 141 cm³/mol. The minimum Gasteiger partial charge on any atom is -0.480 e. The van der Waals surface area contributed by atoms with Gasteiger partial charge in [0, 0.05) is 47.4 Å². The highest BCUT2D eigenvalue weighted by atomic mass is 16.4. The topological polar surface area (TPSA) is 194 Å². The lowest BCUT2D eigenvalue weighted by Gasteiger charge is -2.18. The number of carboxylic acids is 1. The van der Waals surface area contributed by atoms with Crippen LogP contribution in [0.5, 0.6) is 0 Å². The number of aliphatic carboxylic acids is 1. The minimum atomic E-state index is -1.23. The van der Waals surface area contributed by atoms with E-state index in [1.807, 2.05) is 13.0 Å². The Morgan fingerprint density at radius 1 is 1.05 bits per heavy atom. The van der Waals surface area contributed by atoms with Crippen molar-refractivity contribution in [2.75, 3.05) is 13.1 Å². The van der Waals surface area contributed by atoms with E-state index in [1.165, 1.54) is 5.56 Å². The van der Waals surface area contributed by atoms with Crippen LogP contribution < -0.4 is 27.3 Å². The van der Waals surface area contributed by atoms with Gasteiger partial charge in [-0.25, -0.2) is 9.59 Å². The molecule has 0 fully saturated rings. The molecule has 4 amide bonds. The Labute approximate surface area is 223 Å². The zero-order valence-electron chi connectivity index (χ0n) is 21.7. The Balaban J connectivity index is 1.48. The number of furan rings is 1. The first-order valence-electron chi connectivity index (χ1n) is 13.0. The number of carbonyl (C=O) groups is 4. The second-order valence-corrected chi connectivity index (χ2v) is 9.71. The van der Waals surface area contributed by atoms with Gasteiger partial charge in [-0.05, 0) is 57.1 Å². The van der Waals surface area contributed by atoms with Gasteiger partial charge in [-0.1, -0.05) is 0 Å². The van der Waals surface area contributed by atoms with Crippen LogP contribution in [0, 0.1) is 6.92 Å². The van der Waals surface area contributed by atoms with Crippen LogP contribution in [0.15, 0.2) is 25.8 Å². The summed E-state index contributed by atoms with van der Waals surface area (Å²) in [6.45, 7) is 1.40. The molecule has 0 saturated carbocycles. The Morgan fingerprint density at radius 3 is 2.54 bits per heavy atom. The molecule has 1 aliphatic rings. The highest BCUT2D eigenvalue weighted by Gasteiger charge is 2.23. The molecule has 1 atom stereocenters. The second-order valence-electron chi connectivity index (χ2n) is 9.71. The number of primary amides is 1. The van der Waals surface area contributed by atoms with Crippen molar-refractivity contribution >= 4 is 45.8 Å². The van der Waals surface area contributed by atoms with Crippen LogP contribution in [0.25, 0.3) is 21.9 Å². The molecule has 0 spiro atoms. The molecule has 2 heterocycles. The molecule has 1 aromatic carbocycles. The number of aryl methyl sites for hydroxylation is 3. The van der Waals surface area contributed by atoms with E-state index in [0.717, 1.165) is 47.8 Å². The smallest absolute Gasteiger partial charge is 0.339 e. The van der Waals surface area contributed by atoms with Gasteiger partial charge in [0.1, 0.15) is 29.5 Å². The summed E-state index contributed by atoms with van der Waals surface area (Å²) in [6.07, 6.45) is 4.45. The lowest BCUT2D eigenvalue weighted by Crippen LogP contribution is -2.48. The molecule has 0 bridgehead atoms. The van der Waals surface area contributed by atoms with Crippen molar-refractivity contribution < 1.29 is 33.1 Å². The standard InChI is InChI=1S/C27H32N4O8/c1-14-15(8-9-23(32)31-19(6-4-10-29-27(28)37)25(35)30-13-24(33)34)26(36)39-21-12-22-18(11-17(14)21)16-5-2-3-7-20(16)38-22/h11-12,19H,2-10,13H2,1H3,(H,30,35)(H,31,32)(H,33,34)(H3,28,29,37). The molecule has 3 aromatic rings. The summed E-state index contributed by atoms with van der Waals surface area (Å²) in [5.41, 5.74) is 7.89. The number of urea groups is 1. The molecule has 0 radical (unpaired) electrons. The third-order valence-corrected chi connectivity index (χ3v) is 7.00. The Kier molecular flexibility index (Phi) is 8.52. The van der Waals surface area contributed by atoms with Crippen molar-refractivity contribution in [2.45, 2.75) is 64.3 Å². The maximum absolute atomic E-state index is 12.8. The van der Waals surface area contributed by atoms with E-state index in [9.17, 15) is 24.0 Å². The monoisotopic (exact) mass is 540 g/mol. The fraction of sp³-hybridized carbons (Fsp3) is 0.444. The summed E-state index contributed by atoms with van der Waals surface area (Å²) in [5.74, 6) is -1.41. The number of hydrogen-bond acceptors (Lipinski definition) is 7. The first-order valence-corrected chi connectivity index (χ1v) is 13.0. The molecule has 1 aliphatic carbocycles. The molecule has 0 aliphatic heterocycles. The fourth-order valence-electron chi connectivity index (χ4n) is 5.01. The third-order valence-electron chi connectivity index (χ3n) is 7.00. The van der Waals surface area contributed by atoms with Gasteiger partial charge < -0.3 is 35.6 Å². The van der Waals surface area contributed by atoms with Gasteiger partial charge in [-0.15, -0.1) is 0 Å². The number of benzene rings is 1. The van der Waals surface area contributed by atoms with Gasteiger partial charge in [-0.3, -0.25) is 14.4 Å². The minimum absolute atomic E-state index is 0.0875. The van der Waals surface area contributed by atoms with Gasteiger partial charge in [0.2, 0.25) is 11.8 Å². The molecule has 39 heavy (non-hydrogen) atoms. The quantitative estimate of drug-likeness (QED) is 0.179. The van der Waals surface area contributed by atoms with Gasteiger partial charge in [0.05, 0.1) is 0 Å². The van der Waals surface area contributed by atoms with Gasteiger partial charge in [0.25, 0.3) is 0 Å². The average molecular weight is 541 g/mol. The van der Waals surface area contributed by atoms with Gasteiger partial charge in [-0.2, -0.15) is 0 Å². The molecular formula is C27H32N4O8. The molecule has 1 unspecified atom stereocenters. The lowest BCUT2D eigenvalue weighted by molar-refractivity contribution is -0.138. The number of hydrogen-bond donors (Lipinski definition) is 5. The van der Waals surface area contributed by atoms with E-state index in [0.29, 0.717) is 23.2 Å². The number of fused-ring (bicyclic) bond motifs is 4. The van der Waals surface area contributed by atoms with Gasteiger partial charge >= 0.3 is 17.6 Å². The van der Waals surface area contributed by atoms with Crippen molar-refractivity contribution in [2.24, 2.45) is 5.73 Å². The zero-order valence-corrected chi connectivity index (χ0v) is 21.7. The van der Waals surface area contributed by atoms with Gasteiger partial charge in [0.15, 0.2) is 0 Å². The maximum Gasteiger partial charge on any atom is 0.339 e. The Bertz CT molecular complexity index is 1490. The molecular weight excluding hydrogens is 508 g/mol. The number of amides is 4. The lowest BCUT2D eigenvalue weighted by atomic mass is 9.94. The first-order chi connectivity index (χ1) is 18.6. The van der Waals surface area contributed by atoms with Crippen molar-refractivity contribution in [3.05, 3.63) is 45.0 Å². The first kappa shape index (κ1) is 27.7. The van der Waals surface area contributed by atoms with Crippen LogP contribution in [-0.2, 0) is 33.6 Å². The highest BCUT2D eigenvalue weighted by molar-refractivity contribution is 5.97. The highest BCUT2D eigenvalue weighted by Crippen LogP contribution is 2.35. The number of nitrogens with two attached hydrogens (primary N) is 1. The molecule has 12 nitrogen and oxygen atoms in total. The van der Waals surface area contributed by atoms with E-state index in [-0.39, 0.29) is 25.8 Å². The van der Waals surface area contributed by atoms with Crippen molar-refractivity contribution in [3.63, 3.8) is 0 Å². The number of carboxylic acid groups (broad SMARTS) is 1. The summed E-state index contributed by atoms with van der Waals surface area (Å²) in [5, 5.41) is 17.9. The number of nitrogens with one attached hydrogen (secondary N) is 3. The second kappa shape index (κ2) is 12.0. The maximum atomic E-state index is 12.8. The number of rotatable bonds is 11.